The van der Waals surface area contributed by atoms with E-state index in [-0.39, 0.29) is 16.5 Å². The second-order valence-electron chi connectivity index (χ2n) is 5.88. The fourth-order valence-corrected chi connectivity index (χ4v) is 2.88. The summed E-state index contributed by atoms with van der Waals surface area (Å²) in [5.74, 6) is -0.579. The molecular formula is C18H14FN5O2. The normalized spacial score (nSPS) is 12.4. The van der Waals surface area contributed by atoms with Crippen LogP contribution >= 0.6 is 0 Å². The summed E-state index contributed by atoms with van der Waals surface area (Å²) in [5, 5.41) is 11.0. The molecule has 0 bridgehead atoms. The van der Waals surface area contributed by atoms with Gasteiger partial charge in [0, 0.05) is 17.8 Å². The molecule has 0 radical (unpaired) electrons. The minimum Gasteiger partial charge on any atom is -0.358 e. The van der Waals surface area contributed by atoms with Crippen LogP contribution in [0.5, 0.6) is 0 Å². The van der Waals surface area contributed by atoms with Crippen LogP contribution in [-0.2, 0) is 0 Å². The van der Waals surface area contributed by atoms with E-state index in [4.69, 9.17) is 0 Å². The van der Waals surface area contributed by atoms with E-state index >= 15 is 0 Å². The molecule has 1 amide bonds. The lowest BCUT2D eigenvalue weighted by Gasteiger charge is -2.12. The standard InChI is InChI=1S/C18H14FN5O2/c1-10(17-23-22-14-7-2-3-8-24(14)17)21-18(26)12-9-20-15-11(16(12)25)5-4-6-13(15)19/h2-10H,1H3,(H,20,25)(H,21,26)/t10-/m1/s1. The van der Waals surface area contributed by atoms with Crippen LogP contribution < -0.4 is 10.7 Å². The predicted molar refractivity (Wildman–Crippen MR) is 93.4 cm³/mol. The number of hydrogen-bond acceptors (Lipinski definition) is 4. The molecule has 0 aliphatic carbocycles. The lowest BCUT2D eigenvalue weighted by Crippen LogP contribution is -2.32. The third-order valence-corrected chi connectivity index (χ3v) is 4.18. The molecular weight excluding hydrogens is 337 g/mol. The fraction of sp³-hybridized carbons (Fsp3) is 0.111. The van der Waals surface area contributed by atoms with Crippen molar-refractivity contribution in [2.45, 2.75) is 13.0 Å². The number of fused-ring (bicyclic) bond motifs is 2. The average molecular weight is 351 g/mol. The Bertz CT molecular complexity index is 1200. The largest absolute Gasteiger partial charge is 0.358 e. The highest BCUT2D eigenvalue weighted by molar-refractivity contribution is 5.97. The number of para-hydroxylation sites is 1. The first kappa shape index (κ1) is 15.9. The maximum Gasteiger partial charge on any atom is 0.257 e. The fourth-order valence-electron chi connectivity index (χ4n) is 2.88. The summed E-state index contributed by atoms with van der Waals surface area (Å²) in [7, 11) is 0. The van der Waals surface area contributed by atoms with Crippen molar-refractivity contribution in [1.82, 2.24) is 24.9 Å². The Morgan fingerprint density at radius 2 is 2.08 bits per heavy atom. The monoisotopic (exact) mass is 351 g/mol. The van der Waals surface area contributed by atoms with Crippen LogP contribution in [0.15, 0.2) is 53.6 Å². The summed E-state index contributed by atoms with van der Waals surface area (Å²) < 4.78 is 15.5. The number of nitrogens with zero attached hydrogens (tertiary/aromatic N) is 3. The van der Waals surface area contributed by atoms with Crippen LogP contribution in [0.25, 0.3) is 16.6 Å². The summed E-state index contributed by atoms with van der Waals surface area (Å²) >= 11 is 0. The SMILES string of the molecule is C[C@@H](NC(=O)c1c[nH]c2c(F)cccc2c1=O)c1nnc2ccccn12. The maximum atomic E-state index is 13.8. The molecule has 2 N–H and O–H groups in total. The highest BCUT2D eigenvalue weighted by Gasteiger charge is 2.19. The van der Waals surface area contributed by atoms with Gasteiger partial charge in [-0.2, -0.15) is 0 Å². The van der Waals surface area contributed by atoms with Crippen molar-refractivity contribution >= 4 is 22.5 Å². The minimum atomic E-state index is -0.572. The lowest BCUT2D eigenvalue weighted by molar-refractivity contribution is 0.0937. The van der Waals surface area contributed by atoms with Crippen molar-refractivity contribution in [3.8, 4) is 0 Å². The Hall–Kier alpha value is -3.55. The molecule has 0 aliphatic heterocycles. The van der Waals surface area contributed by atoms with Crippen molar-refractivity contribution in [3.63, 3.8) is 0 Å². The number of pyridine rings is 2. The van der Waals surface area contributed by atoms with Crippen LogP contribution in [-0.4, -0.2) is 25.5 Å². The predicted octanol–water partition coefficient (Wildman–Crippen LogP) is 2.20. The Labute approximate surface area is 146 Å². The van der Waals surface area contributed by atoms with E-state index in [1.54, 1.807) is 23.6 Å². The molecule has 8 heteroatoms. The molecule has 1 aromatic carbocycles. The van der Waals surface area contributed by atoms with Crippen molar-refractivity contribution in [1.29, 1.82) is 0 Å². The lowest BCUT2D eigenvalue weighted by atomic mass is 10.1. The Kier molecular flexibility index (Phi) is 3.72. The van der Waals surface area contributed by atoms with Crippen LogP contribution in [0.3, 0.4) is 0 Å². The van der Waals surface area contributed by atoms with Gasteiger partial charge in [0.05, 0.1) is 11.6 Å². The molecule has 4 aromatic rings. The maximum absolute atomic E-state index is 13.8. The molecule has 0 saturated carbocycles. The topological polar surface area (TPSA) is 92.1 Å². The molecule has 0 aliphatic rings. The average Bonchev–Trinajstić information content (AvgIpc) is 3.07. The van der Waals surface area contributed by atoms with Crippen LogP contribution in [0.4, 0.5) is 4.39 Å². The van der Waals surface area contributed by atoms with Crippen LogP contribution in [0, 0.1) is 5.82 Å². The molecule has 0 fully saturated rings. The molecule has 0 spiro atoms. The molecule has 3 aromatic heterocycles. The smallest absolute Gasteiger partial charge is 0.257 e. The number of H-pyrrole nitrogens is 1. The second kappa shape index (κ2) is 6.07. The van der Waals surface area contributed by atoms with Gasteiger partial charge < -0.3 is 10.3 Å². The Balaban J connectivity index is 1.67. The van der Waals surface area contributed by atoms with Gasteiger partial charge in [0.15, 0.2) is 11.5 Å². The zero-order valence-corrected chi connectivity index (χ0v) is 13.7. The summed E-state index contributed by atoms with van der Waals surface area (Å²) in [6.45, 7) is 1.75. The number of rotatable bonds is 3. The third-order valence-electron chi connectivity index (χ3n) is 4.18. The molecule has 3 heterocycles. The van der Waals surface area contributed by atoms with E-state index in [2.05, 4.69) is 20.5 Å². The van der Waals surface area contributed by atoms with Gasteiger partial charge in [0.2, 0.25) is 5.43 Å². The quantitative estimate of drug-likeness (QED) is 0.592. The summed E-state index contributed by atoms with van der Waals surface area (Å²) in [4.78, 5) is 27.8. The van der Waals surface area contributed by atoms with Crippen molar-refractivity contribution in [2.24, 2.45) is 0 Å². The summed E-state index contributed by atoms with van der Waals surface area (Å²) in [6, 6.07) is 9.14. The number of benzene rings is 1. The van der Waals surface area contributed by atoms with Crippen molar-refractivity contribution < 1.29 is 9.18 Å². The number of carbonyl (C=O) groups excluding carboxylic acids is 1. The highest BCUT2D eigenvalue weighted by Crippen LogP contribution is 2.14. The van der Waals surface area contributed by atoms with Gasteiger partial charge in [-0.05, 0) is 31.2 Å². The summed E-state index contributed by atoms with van der Waals surface area (Å²) in [5.41, 5.74) is 0.103. The van der Waals surface area contributed by atoms with Gasteiger partial charge in [0.1, 0.15) is 11.4 Å². The van der Waals surface area contributed by atoms with E-state index in [0.717, 1.165) is 0 Å². The molecule has 0 saturated heterocycles. The van der Waals surface area contributed by atoms with E-state index in [9.17, 15) is 14.0 Å². The zero-order valence-electron chi connectivity index (χ0n) is 13.7. The second-order valence-corrected chi connectivity index (χ2v) is 5.88. The van der Waals surface area contributed by atoms with Gasteiger partial charge in [0.25, 0.3) is 5.91 Å². The first-order valence-electron chi connectivity index (χ1n) is 7.96. The molecule has 4 rings (SSSR count). The third kappa shape index (κ3) is 2.52. The van der Waals surface area contributed by atoms with Gasteiger partial charge in [-0.25, -0.2) is 4.39 Å². The van der Waals surface area contributed by atoms with Crippen molar-refractivity contribution in [3.05, 3.63) is 76.2 Å². The van der Waals surface area contributed by atoms with E-state index < -0.39 is 23.2 Å². The van der Waals surface area contributed by atoms with Crippen LogP contribution in [0.2, 0.25) is 0 Å². The number of aromatic nitrogens is 4. The molecule has 130 valence electrons. The highest BCUT2D eigenvalue weighted by atomic mass is 19.1. The minimum absolute atomic E-state index is 0.0746. The van der Waals surface area contributed by atoms with E-state index in [1.165, 1.54) is 24.4 Å². The number of carbonyl (C=O) groups is 1. The molecule has 1 atom stereocenters. The van der Waals surface area contributed by atoms with Crippen LogP contribution in [0.1, 0.15) is 29.1 Å². The van der Waals surface area contributed by atoms with E-state index in [0.29, 0.717) is 11.5 Å². The van der Waals surface area contributed by atoms with Gasteiger partial charge >= 0.3 is 0 Å². The van der Waals surface area contributed by atoms with E-state index in [1.807, 2.05) is 12.1 Å². The number of halogens is 1. The summed E-state index contributed by atoms with van der Waals surface area (Å²) in [6.07, 6.45) is 3.01. The number of nitrogens with one attached hydrogen (secondary N) is 2. The van der Waals surface area contributed by atoms with Gasteiger partial charge in [-0.15, -0.1) is 10.2 Å². The first-order valence-corrected chi connectivity index (χ1v) is 7.96. The van der Waals surface area contributed by atoms with Gasteiger partial charge in [-0.3, -0.25) is 14.0 Å². The molecule has 7 nitrogen and oxygen atoms in total. The van der Waals surface area contributed by atoms with Crippen molar-refractivity contribution in [2.75, 3.05) is 0 Å². The number of aromatic amines is 1. The number of hydrogen-bond donors (Lipinski definition) is 2. The van der Waals surface area contributed by atoms with Gasteiger partial charge in [-0.1, -0.05) is 12.1 Å². The first-order chi connectivity index (χ1) is 12.6. The number of amides is 1. The molecule has 26 heavy (non-hydrogen) atoms. The molecule has 0 unspecified atom stereocenters. The zero-order chi connectivity index (χ0) is 18.3. The Morgan fingerprint density at radius 1 is 1.23 bits per heavy atom. The Morgan fingerprint density at radius 3 is 2.92 bits per heavy atom.